The van der Waals surface area contributed by atoms with Gasteiger partial charge in [0.2, 0.25) is 0 Å². The van der Waals surface area contributed by atoms with E-state index in [1.165, 1.54) is 25.3 Å². The molecular weight excluding hydrogens is 271 g/mol. The lowest BCUT2D eigenvalue weighted by Gasteiger charge is -2.22. The lowest BCUT2D eigenvalue weighted by Crippen LogP contribution is -2.37. The van der Waals surface area contributed by atoms with Crippen LogP contribution in [-0.2, 0) is 9.53 Å². The SMILES string of the molecule is CC(=O)C1C(c2ccc(F)cc2Cl)N=C2OC=CN21. The van der Waals surface area contributed by atoms with Crippen molar-refractivity contribution in [2.75, 3.05) is 0 Å². The molecule has 0 saturated heterocycles. The second-order valence-corrected chi connectivity index (χ2v) is 4.80. The molecule has 0 bridgehead atoms. The van der Waals surface area contributed by atoms with Crippen LogP contribution in [0.1, 0.15) is 18.5 Å². The number of carbonyl (C=O) groups is 1. The maximum atomic E-state index is 13.1. The van der Waals surface area contributed by atoms with Crippen LogP contribution in [0.4, 0.5) is 4.39 Å². The first-order chi connectivity index (χ1) is 9.08. The Morgan fingerprint density at radius 2 is 2.32 bits per heavy atom. The highest BCUT2D eigenvalue weighted by Gasteiger charge is 2.42. The summed E-state index contributed by atoms with van der Waals surface area (Å²) in [5.74, 6) is -0.477. The lowest BCUT2D eigenvalue weighted by molar-refractivity contribution is -0.120. The van der Waals surface area contributed by atoms with Crippen molar-refractivity contribution in [3.63, 3.8) is 0 Å². The molecule has 2 atom stereocenters. The molecule has 2 aliphatic heterocycles. The molecule has 0 aromatic heterocycles. The highest BCUT2D eigenvalue weighted by atomic mass is 35.5. The zero-order valence-corrected chi connectivity index (χ0v) is 10.8. The third-order valence-corrected chi connectivity index (χ3v) is 3.49. The van der Waals surface area contributed by atoms with Gasteiger partial charge in [0.25, 0.3) is 6.02 Å². The molecule has 1 aromatic rings. The Morgan fingerprint density at radius 3 is 3.00 bits per heavy atom. The van der Waals surface area contributed by atoms with Crippen molar-refractivity contribution in [1.29, 1.82) is 0 Å². The van der Waals surface area contributed by atoms with Crippen LogP contribution in [0.25, 0.3) is 0 Å². The number of amidine groups is 1. The number of hydrogen-bond acceptors (Lipinski definition) is 4. The van der Waals surface area contributed by atoms with Crippen molar-refractivity contribution in [2.45, 2.75) is 19.0 Å². The van der Waals surface area contributed by atoms with Crippen LogP contribution in [0.2, 0.25) is 5.02 Å². The van der Waals surface area contributed by atoms with Gasteiger partial charge in [0.15, 0.2) is 5.78 Å². The molecule has 0 N–H and O–H groups in total. The second-order valence-electron chi connectivity index (χ2n) is 4.39. The monoisotopic (exact) mass is 280 g/mol. The summed E-state index contributed by atoms with van der Waals surface area (Å²) < 4.78 is 18.3. The number of aliphatic imine (C=N–C) groups is 1. The molecule has 6 heteroatoms. The molecule has 2 heterocycles. The van der Waals surface area contributed by atoms with Crippen molar-refractivity contribution < 1.29 is 13.9 Å². The van der Waals surface area contributed by atoms with E-state index < -0.39 is 17.9 Å². The number of nitrogens with zero attached hydrogens (tertiary/aromatic N) is 2. The van der Waals surface area contributed by atoms with Crippen LogP contribution < -0.4 is 0 Å². The normalized spacial score (nSPS) is 24.2. The van der Waals surface area contributed by atoms with Gasteiger partial charge in [-0.05, 0) is 24.6 Å². The van der Waals surface area contributed by atoms with E-state index in [1.807, 2.05) is 0 Å². The Labute approximate surface area is 114 Å². The number of fused-ring (bicyclic) bond motifs is 1. The van der Waals surface area contributed by atoms with E-state index in [1.54, 1.807) is 17.2 Å². The summed E-state index contributed by atoms with van der Waals surface area (Å²) >= 11 is 6.04. The molecule has 2 aliphatic rings. The van der Waals surface area contributed by atoms with Crippen molar-refractivity contribution in [2.24, 2.45) is 4.99 Å². The molecule has 0 aliphatic carbocycles. The summed E-state index contributed by atoms with van der Waals surface area (Å²) in [6.07, 6.45) is 3.12. The fraction of sp³-hybridized carbons (Fsp3) is 0.231. The summed E-state index contributed by atoms with van der Waals surface area (Å²) in [5.41, 5.74) is 0.613. The highest BCUT2D eigenvalue weighted by molar-refractivity contribution is 6.31. The van der Waals surface area contributed by atoms with Crippen LogP contribution in [-0.4, -0.2) is 22.7 Å². The van der Waals surface area contributed by atoms with E-state index in [2.05, 4.69) is 4.99 Å². The highest BCUT2D eigenvalue weighted by Crippen LogP contribution is 2.37. The van der Waals surface area contributed by atoms with Crippen LogP contribution in [0.15, 0.2) is 35.7 Å². The van der Waals surface area contributed by atoms with E-state index in [9.17, 15) is 9.18 Å². The van der Waals surface area contributed by atoms with E-state index in [-0.39, 0.29) is 10.8 Å². The molecule has 0 spiro atoms. The minimum absolute atomic E-state index is 0.0562. The first-order valence-electron chi connectivity index (χ1n) is 5.73. The molecule has 0 saturated carbocycles. The number of ether oxygens (including phenoxy) is 1. The van der Waals surface area contributed by atoms with Crippen molar-refractivity contribution in [1.82, 2.24) is 4.90 Å². The summed E-state index contributed by atoms with van der Waals surface area (Å²) in [5, 5.41) is 0.255. The Hall–Kier alpha value is -1.88. The van der Waals surface area contributed by atoms with E-state index in [0.29, 0.717) is 11.6 Å². The first kappa shape index (κ1) is 12.2. The topological polar surface area (TPSA) is 41.9 Å². The Morgan fingerprint density at radius 1 is 1.53 bits per heavy atom. The van der Waals surface area contributed by atoms with E-state index in [0.717, 1.165) is 0 Å². The number of halogens is 2. The van der Waals surface area contributed by atoms with Crippen molar-refractivity contribution in [3.8, 4) is 0 Å². The zero-order valence-electron chi connectivity index (χ0n) is 10.0. The first-order valence-corrected chi connectivity index (χ1v) is 6.10. The van der Waals surface area contributed by atoms with Gasteiger partial charge in [0.05, 0.1) is 0 Å². The van der Waals surface area contributed by atoms with Crippen LogP contribution in [0.5, 0.6) is 0 Å². The summed E-state index contributed by atoms with van der Waals surface area (Å²) in [7, 11) is 0. The predicted octanol–water partition coefficient (Wildman–Crippen LogP) is 2.65. The Kier molecular flexibility index (Phi) is 2.78. The summed E-state index contributed by atoms with van der Waals surface area (Å²) in [6, 6.07) is 3.45. The number of hydrogen-bond donors (Lipinski definition) is 0. The molecular formula is C13H10ClFN2O2. The van der Waals surface area contributed by atoms with Gasteiger partial charge in [-0.1, -0.05) is 17.7 Å². The van der Waals surface area contributed by atoms with Crippen LogP contribution in [0.3, 0.4) is 0 Å². The van der Waals surface area contributed by atoms with Gasteiger partial charge in [-0.25, -0.2) is 9.38 Å². The Bertz CT molecular complexity index is 615. The largest absolute Gasteiger partial charge is 0.432 e. The summed E-state index contributed by atoms with van der Waals surface area (Å²) in [4.78, 5) is 17.8. The predicted molar refractivity (Wildman–Crippen MR) is 68.1 cm³/mol. The molecule has 0 amide bonds. The van der Waals surface area contributed by atoms with Gasteiger partial charge in [0.1, 0.15) is 24.2 Å². The van der Waals surface area contributed by atoms with Gasteiger partial charge in [-0.15, -0.1) is 0 Å². The van der Waals surface area contributed by atoms with Crippen LogP contribution in [0, 0.1) is 5.82 Å². The van der Waals surface area contributed by atoms with E-state index >= 15 is 0 Å². The number of benzene rings is 1. The van der Waals surface area contributed by atoms with Gasteiger partial charge in [-0.2, -0.15) is 0 Å². The second kappa shape index (κ2) is 4.35. The molecule has 19 heavy (non-hydrogen) atoms. The molecule has 98 valence electrons. The minimum atomic E-state index is -0.503. The fourth-order valence-electron chi connectivity index (χ4n) is 2.33. The molecule has 4 nitrogen and oxygen atoms in total. The number of carbonyl (C=O) groups excluding carboxylic acids is 1. The van der Waals surface area contributed by atoms with Gasteiger partial charge < -0.3 is 4.74 Å². The zero-order chi connectivity index (χ0) is 13.6. The smallest absolute Gasteiger partial charge is 0.298 e. The molecule has 0 radical (unpaired) electrons. The van der Waals surface area contributed by atoms with E-state index in [4.69, 9.17) is 16.3 Å². The number of Topliss-reactive ketones (excluding diaryl/α,β-unsaturated/α-hetero) is 1. The van der Waals surface area contributed by atoms with Gasteiger partial charge in [-0.3, -0.25) is 9.69 Å². The van der Waals surface area contributed by atoms with Crippen molar-refractivity contribution >= 4 is 23.4 Å². The fourth-order valence-corrected chi connectivity index (χ4v) is 2.61. The number of ketones is 1. The Balaban J connectivity index is 2.04. The maximum Gasteiger partial charge on any atom is 0.298 e. The lowest BCUT2D eigenvalue weighted by atomic mass is 9.97. The van der Waals surface area contributed by atoms with Crippen molar-refractivity contribution in [3.05, 3.63) is 47.1 Å². The molecule has 1 aromatic carbocycles. The van der Waals surface area contributed by atoms with Gasteiger partial charge >= 0.3 is 0 Å². The molecule has 2 unspecified atom stereocenters. The van der Waals surface area contributed by atoms with Crippen LogP contribution >= 0.6 is 11.6 Å². The maximum absolute atomic E-state index is 13.1. The minimum Gasteiger partial charge on any atom is -0.432 e. The standard InChI is InChI=1S/C13H10ClFN2O2/c1-7(18)12-11(16-13-17(12)4-5-19-13)9-3-2-8(15)6-10(9)14/h2-6,11-12H,1H3. The third kappa shape index (κ3) is 1.90. The summed E-state index contributed by atoms with van der Waals surface area (Å²) in [6.45, 7) is 1.49. The molecule has 0 fully saturated rings. The molecule has 3 rings (SSSR count). The average Bonchev–Trinajstić information content (AvgIpc) is 2.87. The third-order valence-electron chi connectivity index (χ3n) is 3.16. The average molecular weight is 281 g/mol. The number of rotatable bonds is 2. The van der Waals surface area contributed by atoms with Gasteiger partial charge in [0, 0.05) is 11.2 Å². The quantitative estimate of drug-likeness (QED) is 0.836.